The predicted octanol–water partition coefficient (Wildman–Crippen LogP) is 2.25. The van der Waals surface area contributed by atoms with Crippen LogP contribution in [0.25, 0.3) is 11.3 Å². The Labute approximate surface area is 197 Å². The van der Waals surface area contributed by atoms with Gasteiger partial charge in [0, 0.05) is 24.7 Å². The van der Waals surface area contributed by atoms with Crippen molar-refractivity contribution in [2.75, 3.05) is 19.9 Å². The number of primary amides is 1. The number of H-pyrrole nitrogens is 2. The molecule has 0 bridgehead atoms. The number of methoxy groups -OCH3 is 1. The largest absolute Gasteiger partial charge is 0.497 e. The summed E-state index contributed by atoms with van der Waals surface area (Å²) >= 11 is 0. The topological polar surface area (TPSA) is 159 Å². The molecule has 0 atom stereocenters. The highest BCUT2D eigenvalue weighted by molar-refractivity contribution is 5.98. The zero-order valence-corrected chi connectivity index (χ0v) is 19.3. The van der Waals surface area contributed by atoms with Crippen LogP contribution in [0.4, 0.5) is 10.6 Å². The first-order valence-corrected chi connectivity index (χ1v) is 10.2. The van der Waals surface area contributed by atoms with Crippen LogP contribution in [-0.2, 0) is 17.8 Å². The van der Waals surface area contributed by atoms with Gasteiger partial charge in [0.15, 0.2) is 0 Å². The lowest BCUT2D eigenvalue weighted by molar-refractivity contribution is -0.119. The summed E-state index contributed by atoms with van der Waals surface area (Å²) in [4.78, 5) is 35.0. The lowest BCUT2D eigenvalue weighted by Gasteiger charge is -2.10. The molecule has 10 heteroatoms. The third kappa shape index (κ3) is 6.67. The zero-order chi connectivity index (χ0) is 25.3. The number of aromatic amines is 2. The van der Waals surface area contributed by atoms with Gasteiger partial charge in [-0.05, 0) is 30.2 Å². The van der Waals surface area contributed by atoms with Crippen molar-refractivity contribution in [3.63, 3.8) is 0 Å². The number of nitrogens with two attached hydrogens (primary N) is 2. The fraction of sp³-hybridized carbons (Fsp3) is 0.208. The first kappa shape index (κ1) is 25.6. The summed E-state index contributed by atoms with van der Waals surface area (Å²) in [6.45, 7) is 2.36. The Kier molecular flexibility index (Phi) is 8.91. The van der Waals surface area contributed by atoms with Gasteiger partial charge >= 0.3 is 6.03 Å². The smallest absolute Gasteiger partial charge is 0.318 e. The second-order valence-corrected chi connectivity index (χ2v) is 7.30. The van der Waals surface area contributed by atoms with Crippen LogP contribution in [0.15, 0.2) is 42.5 Å². The van der Waals surface area contributed by atoms with E-state index in [4.69, 9.17) is 16.2 Å². The number of hydrogen-bond donors (Lipinski definition) is 5. The summed E-state index contributed by atoms with van der Waals surface area (Å²) in [7, 11) is 3.40. The molecule has 7 N–H and O–H groups in total. The van der Waals surface area contributed by atoms with Crippen molar-refractivity contribution in [2.45, 2.75) is 19.9 Å². The zero-order valence-electron chi connectivity index (χ0n) is 19.3. The minimum absolute atomic E-state index is 0.0777. The molecule has 4 amide bonds. The minimum atomic E-state index is -0.848. The second kappa shape index (κ2) is 11.8. The van der Waals surface area contributed by atoms with Crippen molar-refractivity contribution in [2.24, 2.45) is 5.73 Å². The summed E-state index contributed by atoms with van der Waals surface area (Å²) in [6.07, 6.45) is 4.70. The summed E-state index contributed by atoms with van der Waals surface area (Å²) in [5.41, 5.74) is 14.8. The first-order chi connectivity index (χ1) is 16.2. The van der Waals surface area contributed by atoms with E-state index in [9.17, 15) is 14.4 Å². The van der Waals surface area contributed by atoms with Crippen molar-refractivity contribution in [1.29, 1.82) is 0 Å². The molecule has 2 aromatic carbocycles. The van der Waals surface area contributed by atoms with Gasteiger partial charge in [0.25, 0.3) is 5.91 Å². The summed E-state index contributed by atoms with van der Waals surface area (Å²) in [5.74, 6) is 3.21. The van der Waals surface area contributed by atoms with E-state index in [1.807, 2.05) is 29.6 Å². The van der Waals surface area contributed by atoms with Gasteiger partial charge in [-0.1, -0.05) is 30.3 Å². The molecule has 1 aromatic heterocycles. The van der Waals surface area contributed by atoms with Gasteiger partial charge < -0.3 is 21.1 Å². The maximum atomic E-state index is 11.5. The van der Waals surface area contributed by atoms with E-state index in [2.05, 4.69) is 22.5 Å². The van der Waals surface area contributed by atoms with Crippen LogP contribution in [0.1, 0.15) is 28.4 Å². The van der Waals surface area contributed by atoms with Gasteiger partial charge in [-0.2, -0.15) is 0 Å². The molecule has 3 aromatic rings. The fourth-order valence-electron chi connectivity index (χ4n) is 3.13. The van der Waals surface area contributed by atoms with E-state index in [1.54, 1.807) is 44.2 Å². The van der Waals surface area contributed by atoms with Gasteiger partial charge in [0.2, 0.25) is 5.91 Å². The van der Waals surface area contributed by atoms with E-state index in [1.165, 1.54) is 0 Å². The van der Waals surface area contributed by atoms with Crippen LogP contribution in [0.2, 0.25) is 0 Å². The van der Waals surface area contributed by atoms with Crippen LogP contribution >= 0.6 is 0 Å². The number of urea groups is 1. The molecule has 34 heavy (non-hydrogen) atoms. The molecule has 10 nitrogen and oxygen atoms in total. The van der Waals surface area contributed by atoms with Gasteiger partial charge in [-0.15, -0.1) is 12.3 Å². The average molecular weight is 465 g/mol. The lowest BCUT2D eigenvalue weighted by atomic mass is 10.1. The molecule has 0 aliphatic carbocycles. The maximum absolute atomic E-state index is 11.5. The molecule has 2 heterocycles. The Balaban J connectivity index is 0.000000224. The number of carbonyl (C=O) groups is 3. The number of aromatic nitrogens is 2. The minimum Gasteiger partial charge on any atom is -0.497 e. The molecule has 4 rings (SSSR count). The number of terminal acetylenes is 1. The average Bonchev–Trinajstić information content (AvgIpc) is 3.07. The van der Waals surface area contributed by atoms with Crippen LogP contribution in [0.5, 0.6) is 5.75 Å². The number of nitrogens with one attached hydrogen (secondary N) is 3. The van der Waals surface area contributed by atoms with E-state index in [0.717, 1.165) is 33.7 Å². The number of nitrogens with zero attached hydrogens (tertiary/aromatic N) is 1. The molecule has 1 aliphatic rings. The van der Waals surface area contributed by atoms with Crippen molar-refractivity contribution in [3.8, 4) is 29.4 Å². The number of anilines is 1. The van der Waals surface area contributed by atoms with Gasteiger partial charge in [0.05, 0.1) is 13.5 Å². The summed E-state index contributed by atoms with van der Waals surface area (Å²) in [5, 5.41) is 7.59. The number of rotatable bonds is 4. The van der Waals surface area contributed by atoms with E-state index >= 15 is 0 Å². The number of carbonyl (C=O) groups excluding carboxylic acids is 3. The van der Waals surface area contributed by atoms with Gasteiger partial charge in [-0.25, -0.2) is 4.79 Å². The first-order valence-electron chi connectivity index (χ1n) is 10.2. The number of fused-ring (bicyclic) bond motifs is 1. The van der Waals surface area contributed by atoms with E-state index in [-0.39, 0.29) is 12.3 Å². The normalized spacial score (nSPS) is 11.2. The highest BCUT2D eigenvalue weighted by atomic mass is 16.5. The molecular weight excluding hydrogens is 436 g/mol. The van der Waals surface area contributed by atoms with Crippen LogP contribution in [0, 0.1) is 12.3 Å². The number of hydrogen-bond acceptors (Lipinski definition) is 5. The number of amides is 4. The van der Waals surface area contributed by atoms with Gasteiger partial charge in [-0.3, -0.25) is 25.1 Å². The quantitative estimate of drug-likeness (QED) is 0.374. The van der Waals surface area contributed by atoms with Crippen LogP contribution < -0.4 is 21.5 Å². The third-order valence-electron chi connectivity index (χ3n) is 4.76. The number of nitrogen functional groups attached to an aromatic ring is 1. The highest BCUT2D eigenvalue weighted by Crippen LogP contribution is 2.25. The Morgan fingerprint density at radius 1 is 1.21 bits per heavy atom. The van der Waals surface area contributed by atoms with Crippen LogP contribution in [-0.4, -0.2) is 47.1 Å². The number of benzene rings is 2. The monoisotopic (exact) mass is 464 g/mol. The maximum Gasteiger partial charge on any atom is 0.318 e. The predicted molar refractivity (Wildman–Crippen MR) is 130 cm³/mol. The lowest BCUT2D eigenvalue weighted by Crippen LogP contribution is -2.35. The molecule has 1 aliphatic heterocycles. The Bertz CT molecular complexity index is 1190. The highest BCUT2D eigenvalue weighted by Gasteiger charge is 2.24. The van der Waals surface area contributed by atoms with Crippen molar-refractivity contribution in [3.05, 3.63) is 59.2 Å². The Morgan fingerprint density at radius 2 is 1.85 bits per heavy atom. The van der Waals surface area contributed by atoms with E-state index < -0.39 is 11.9 Å². The SMILES string of the molecule is C#CC.COc1ccc2c(c1)C(=O)N(C)C2.NC(=O)NC(=O)Cc1ccc(-c2[nH][nH]c2N)cc1. The Morgan fingerprint density at radius 3 is 2.35 bits per heavy atom. The molecule has 178 valence electrons. The van der Waals surface area contributed by atoms with Gasteiger partial charge in [0.1, 0.15) is 17.3 Å². The molecule has 0 saturated heterocycles. The van der Waals surface area contributed by atoms with Crippen molar-refractivity contribution >= 4 is 23.7 Å². The molecular formula is C24H28N6O4. The standard InChI is InChI=1S/C11H13N5O2.C10H11NO2.C3H4/c12-10-9(15-16-10)7-3-1-6(2-4-7)5-8(17)14-11(13)18;1-11-6-7-3-4-8(13-2)5-9(7)10(11)12;1-3-2/h1-4,15-16H,5,12H2,(H3,13,14,17,18);3-5H,6H2,1-2H3;1H,2H3. The molecule has 0 fully saturated rings. The van der Waals surface area contributed by atoms with Crippen LogP contribution in [0.3, 0.4) is 0 Å². The molecule has 0 unspecified atom stereocenters. The van der Waals surface area contributed by atoms with E-state index in [0.29, 0.717) is 12.4 Å². The number of imide groups is 1. The van der Waals surface area contributed by atoms with Crippen molar-refractivity contribution in [1.82, 2.24) is 20.4 Å². The second-order valence-electron chi connectivity index (χ2n) is 7.30. The fourth-order valence-corrected chi connectivity index (χ4v) is 3.13. The molecule has 0 saturated carbocycles. The Hall–Kier alpha value is -4.65. The molecule has 0 radical (unpaired) electrons. The number of ether oxygens (including phenoxy) is 1. The summed E-state index contributed by atoms with van der Waals surface area (Å²) in [6, 6.07) is 12.0. The van der Waals surface area contributed by atoms with Crippen molar-refractivity contribution < 1.29 is 19.1 Å². The molecule has 0 spiro atoms. The summed E-state index contributed by atoms with van der Waals surface area (Å²) < 4.78 is 5.05. The third-order valence-corrected chi connectivity index (χ3v) is 4.76.